The van der Waals surface area contributed by atoms with Gasteiger partial charge in [-0.2, -0.15) is 0 Å². The number of hydrogen-bond acceptors (Lipinski definition) is 2. The Morgan fingerprint density at radius 1 is 1.29 bits per heavy atom. The van der Waals surface area contributed by atoms with Gasteiger partial charge in [0.1, 0.15) is 5.82 Å². The van der Waals surface area contributed by atoms with Crippen LogP contribution in [-0.2, 0) is 12.4 Å². The molecule has 1 aliphatic rings. The first-order valence-electron chi connectivity index (χ1n) is 7.63. The van der Waals surface area contributed by atoms with E-state index >= 15 is 0 Å². The predicted molar refractivity (Wildman–Crippen MR) is 91.9 cm³/mol. The van der Waals surface area contributed by atoms with E-state index in [9.17, 15) is 0 Å². The first-order chi connectivity index (χ1) is 10.2. The average Bonchev–Trinajstić information content (AvgIpc) is 2.85. The molecule has 2 aromatic rings. The van der Waals surface area contributed by atoms with Gasteiger partial charge in [-0.15, -0.1) is 11.6 Å². The van der Waals surface area contributed by atoms with E-state index in [4.69, 9.17) is 11.6 Å². The van der Waals surface area contributed by atoms with Gasteiger partial charge in [0.15, 0.2) is 0 Å². The highest BCUT2D eigenvalue weighted by Gasteiger charge is 2.19. The summed E-state index contributed by atoms with van der Waals surface area (Å²) in [4.78, 5) is 7.26. The molecule has 0 N–H and O–H groups in total. The molecule has 1 aromatic carbocycles. The summed E-state index contributed by atoms with van der Waals surface area (Å²) in [6.07, 6.45) is 4.02. The Kier molecular flexibility index (Phi) is 4.87. The molecule has 1 unspecified atom stereocenters. The fourth-order valence-electron chi connectivity index (χ4n) is 3.20. The number of halogens is 2. The molecule has 0 saturated carbocycles. The fourth-order valence-corrected chi connectivity index (χ4v) is 3.75. The van der Waals surface area contributed by atoms with Crippen molar-refractivity contribution in [2.24, 2.45) is 0 Å². The molecular weight excluding hydrogens is 350 g/mol. The largest absolute Gasteiger partial charge is 0.325 e. The van der Waals surface area contributed by atoms with Crippen LogP contribution in [0.25, 0.3) is 11.0 Å². The van der Waals surface area contributed by atoms with E-state index in [-0.39, 0.29) is 0 Å². The Morgan fingerprint density at radius 3 is 2.76 bits per heavy atom. The van der Waals surface area contributed by atoms with Crippen molar-refractivity contribution in [3.8, 4) is 0 Å². The standard InChI is InChI=1S/C16H21BrClN3/c1-12(20-7-3-2-4-8-20)11-21-15-6-5-13(17)9-14(15)19-16(21)10-18/h5-6,9,12H,2-4,7-8,10-11H2,1H3. The quantitative estimate of drug-likeness (QED) is 0.743. The lowest BCUT2D eigenvalue weighted by Crippen LogP contribution is -2.40. The normalized spacial score (nSPS) is 18.2. The molecule has 114 valence electrons. The van der Waals surface area contributed by atoms with Crippen molar-refractivity contribution in [2.75, 3.05) is 13.1 Å². The van der Waals surface area contributed by atoms with E-state index in [0.29, 0.717) is 11.9 Å². The lowest BCUT2D eigenvalue weighted by molar-refractivity contribution is 0.160. The fraction of sp³-hybridized carbons (Fsp3) is 0.562. The summed E-state index contributed by atoms with van der Waals surface area (Å²) in [5, 5.41) is 0. The highest BCUT2D eigenvalue weighted by Crippen LogP contribution is 2.23. The molecule has 5 heteroatoms. The number of rotatable bonds is 4. The molecule has 1 atom stereocenters. The average molecular weight is 371 g/mol. The van der Waals surface area contributed by atoms with Gasteiger partial charge in [-0.05, 0) is 51.1 Å². The van der Waals surface area contributed by atoms with Crippen LogP contribution in [0.4, 0.5) is 0 Å². The zero-order valence-electron chi connectivity index (χ0n) is 12.4. The lowest BCUT2D eigenvalue weighted by atomic mass is 10.1. The summed E-state index contributed by atoms with van der Waals surface area (Å²) in [7, 11) is 0. The van der Waals surface area contributed by atoms with Gasteiger partial charge in [-0.3, -0.25) is 4.90 Å². The number of hydrogen-bond donors (Lipinski definition) is 0. The monoisotopic (exact) mass is 369 g/mol. The topological polar surface area (TPSA) is 21.1 Å². The van der Waals surface area contributed by atoms with Crippen molar-refractivity contribution in [3.05, 3.63) is 28.5 Å². The summed E-state index contributed by atoms with van der Waals surface area (Å²) in [6.45, 7) is 5.71. The molecule has 0 bridgehead atoms. The molecule has 0 spiro atoms. The molecule has 3 rings (SSSR count). The van der Waals surface area contributed by atoms with Crippen molar-refractivity contribution in [1.82, 2.24) is 14.5 Å². The maximum absolute atomic E-state index is 6.10. The van der Waals surface area contributed by atoms with Crippen LogP contribution < -0.4 is 0 Å². The summed E-state index contributed by atoms with van der Waals surface area (Å²) in [6, 6.07) is 6.79. The van der Waals surface area contributed by atoms with E-state index in [1.165, 1.54) is 37.9 Å². The van der Waals surface area contributed by atoms with E-state index in [1.54, 1.807) is 0 Å². The van der Waals surface area contributed by atoms with Crippen LogP contribution in [0.5, 0.6) is 0 Å². The summed E-state index contributed by atoms with van der Waals surface area (Å²) < 4.78 is 3.35. The minimum atomic E-state index is 0.457. The number of imidazole rings is 1. The van der Waals surface area contributed by atoms with Gasteiger partial charge in [0.25, 0.3) is 0 Å². The molecule has 0 amide bonds. The first kappa shape index (κ1) is 15.3. The molecule has 21 heavy (non-hydrogen) atoms. The van der Waals surface area contributed by atoms with Crippen LogP contribution in [0, 0.1) is 0 Å². The van der Waals surface area contributed by atoms with E-state index in [1.807, 2.05) is 0 Å². The van der Waals surface area contributed by atoms with Crippen molar-refractivity contribution >= 4 is 38.6 Å². The third kappa shape index (κ3) is 3.27. The van der Waals surface area contributed by atoms with Gasteiger partial charge in [0.05, 0.1) is 16.9 Å². The Morgan fingerprint density at radius 2 is 2.05 bits per heavy atom. The molecule has 2 heterocycles. The molecule has 3 nitrogen and oxygen atoms in total. The van der Waals surface area contributed by atoms with Crippen LogP contribution in [0.15, 0.2) is 22.7 Å². The van der Waals surface area contributed by atoms with Crippen LogP contribution in [0.2, 0.25) is 0 Å². The van der Waals surface area contributed by atoms with Gasteiger partial charge >= 0.3 is 0 Å². The third-order valence-corrected chi connectivity index (χ3v) is 5.10. The number of fused-ring (bicyclic) bond motifs is 1. The van der Waals surface area contributed by atoms with Crippen molar-refractivity contribution < 1.29 is 0 Å². The molecule has 0 radical (unpaired) electrons. The Bertz CT molecular complexity index is 619. The van der Waals surface area contributed by atoms with Gasteiger partial charge in [0, 0.05) is 17.1 Å². The second kappa shape index (κ2) is 6.67. The zero-order valence-corrected chi connectivity index (χ0v) is 14.7. The summed E-state index contributed by atoms with van der Waals surface area (Å²) in [5.41, 5.74) is 2.20. The predicted octanol–water partition coefficient (Wildman–Crippen LogP) is 4.41. The van der Waals surface area contributed by atoms with Gasteiger partial charge < -0.3 is 4.57 Å². The second-order valence-electron chi connectivity index (χ2n) is 5.85. The third-order valence-electron chi connectivity index (χ3n) is 4.37. The highest BCUT2D eigenvalue weighted by atomic mass is 79.9. The summed E-state index contributed by atoms with van der Waals surface area (Å²) >= 11 is 9.62. The van der Waals surface area contributed by atoms with Gasteiger partial charge in [-0.25, -0.2) is 4.98 Å². The number of aromatic nitrogens is 2. The molecule has 0 aliphatic carbocycles. The maximum atomic E-state index is 6.10. The molecule has 1 aromatic heterocycles. The van der Waals surface area contributed by atoms with Crippen LogP contribution in [-0.4, -0.2) is 33.6 Å². The lowest BCUT2D eigenvalue weighted by Gasteiger charge is -2.32. The first-order valence-corrected chi connectivity index (χ1v) is 8.96. The smallest absolute Gasteiger partial charge is 0.124 e. The highest BCUT2D eigenvalue weighted by molar-refractivity contribution is 9.10. The van der Waals surface area contributed by atoms with Gasteiger partial charge in [0.2, 0.25) is 0 Å². The van der Waals surface area contributed by atoms with Crippen molar-refractivity contribution in [3.63, 3.8) is 0 Å². The van der Waals surface area contributed by atoms with Crippen LogP contribution in [0.3, 0.4) is 0 Å². The number of piperidine rings is 1. The molecule has 1 saturated heterocycles. The number of nitrogens with zero attached hydrogens (tertiary/aromatic N) is 3. The minimum Gasteiger partial charge on any atom is -0.325 e. The number of benzene rings is 1. The SMILES string of the molecule is CC(Cn1c(CCl)nc2cc(Br)ccc21)N1CCCCC1. The Labute approximate surface area is 139 Å². The Hall–Kier alpha value is -0.580. The van der Waals surface area contributed by atoms with Crippen molar-refractivity contribution in [2.45, 2.75) is 44.7 Å². The zero-order chi connectivity index (χ0) is 14.8. The Balaban J connectivity index is 1.88. The summed E-state index contributed by atoms with van der Waals surface area (Å²) in [5.74, 6) is 1.42. The minimum absolute atomic E-state index is 0.457. The number of alkyl halides is 1. The van der Waals surface area contributed by atoms with Crippen LogP contribution in [0.1, 0.15) is 32.0 Å². The number of likely N-dealkylation sites (tertiary alicyclic amines) is 1. The van der Waals surface area contributed by atoms with Crippen LogP contribution >= 0.6 is 27.5 Å². The van der Waals surface area contributed by atoms with E-state index in [0.717, 1.165) is 22.4 Å². The molecular formula is C16H21BrClN3. The second-order valence-corrected chi connectivity index (χ2v) is 7.03. The molecule has 1 aliphatic heterocycles. The van der Waals surface area contributed by atoms with E-state index < -0.39 is 0 Å². The molecule has 1 fully saturated rings. The van der Waals surface area contributed by atoms with Gasteiger partial charge in [-0.1, -0.05) is 22.4 Å². The maximum Gasteiger partial charge on any atom is 0.124 e. The van der Waals surface area contributed by atoms with Crippen molar-refractivity contribution in [1.29, 1.82) is 0 Å². The van der Waals surface area contributed by atoms with E-state index in [2.05, 4.69) is 55.5 Å².